The van der Waals surface area contributed by atoms with Gasteiger partial charge in [-0.25, -0.2) is 0 Å². The van der Waals surface area contributed by atoms with E-state index < -0.39 is 4.92 Å². The summed E-state index contributed by atoms with van der Waals surface area (Å²) in [5.41, 5.74) is 0.196. The Labute approximate surface area is 125 Å². The van der Waals surface area contributed by atoms with Crippen LogP contribution in [0.4, 0.5) is 5.69 Å². The first kappa shape index (κ1) is 14.9. The molecule has 1 aromatic rings. The molecule has 1 saturated heterocycles. The SMILES string of the molecule is CN(CC1CCCO1)C(=O)c1ccc(Br)c([N+](=O)[O-])c1. The highest BCUT2D eigenvalue weighted by Crippen LogP contribution is 2.26. The fraction of sp³-hybridized carbons (Fsp3) is 0.462. The molecule has 0 N–H and O–H groups in total. The number of nitrogens with zero attached hydrogens (tertiary/aromatic N) is 2. The van der Waals surface area contributed by atoms with Gasteiger partial charge in [0.05, 0.1) is 15.5 Å². The summed E-state index contributed by atoms with van der Waals surface area (Å²) in [4.78, 5) is 24.2. The van der Waals surface area contributed by atoms with Gasteiger partial charge in [-0.1, -0.05) is 0 Å². The zero-order valence-corrected chi connectivity index (χ0v) is 12.6. The molecule has 1 heterocycles. The minimum absolute atomic E-state index is 0.0642. The zero-order chi connectivity index (χ0) is 14.7. The van der Waals surface area contributed by atoms with Crippen LogP contribution in [0.5, 0.6) is 0 Å². The largest absolute Gasteiger partial charge is 0.376 e. The summed E-state index contributed by atoms with van der Waals surface area (Å²) in [6.45, 7) is 1.24. The van der Waals surface area contributed by atoms with E-state index in [9.17, 15) is 14.9 Å². The zero-order valence-electron chi connectivity index (χ0n) is 11.0. The number of nitro groups is 1. The molecule has 6 nitrogen and oxygen atoms in total. The third-order valence-corrected chi connectivity index (χ3v) is 3.91. The minimum atomic E-state index is -0.513. The molecule has 1 atom stereocenters. The van der Waals surface area contributed by atoms with Crippen molar-refractivity contribution in [1.29, 1.82) is 0 Å². The number of amides is 1. The molecule has 1 amide bonds. The van der Waals surface area contributed by atoms with E-state index in [4.69, 9.17) is 4.74 Å². The standard InChI is InChI=1S/C13H15BrN2O4/c1-15(8-10-3-2-6-20-10)13(17)9-4-5-11(14)12(7-9)16(18)19/h4-5,7,10H,2-3,6,8H2,1H3. The normalized spacial score (nSPS) is 18.0. The number of ether oxygens (including phenoxy) is 1. The second-order valence-electron chi connectivity index (χ2n) is 4.74. The van der Waals surface area contributed by atoms with Crippen LogP contribution in [-0.4, -0.2) is 42.0 Å². The van der Waals surface area contributed by atoms with Gasteiger partial charge in [0.15, 0.2) is 0 Å². The lowest BCUT2D eigenvalue weighted by Crippen LogP contribution is -2.34. The Morgan fingerprint density at radius 3 is 2.95 bits per heavy atom. The molecule has 0 radical (unpaired) electrons. The molecule has 0 aromatic heterocycles. The van der Waals surface area contributed by atoms with Crippen LogP contribution < -0.4 is 0 Å². The number of nitro benzene ring substituents is 1. The molecule has 1 aromatic carbocycles. The Morgan fingerprint density at radius 1 is 1.60 bits per heavy atom. The Morgan fingerprint density at radius 2 is 2.35 bits per heavy atom. The third-order valence-electron chi connectivity index (χ3n) is 3.24. The van der Waals surface area contributed by atoms with Crippen molar-refractivity contribution >= 4 is 27.5 Å². The Balaban J connectivity index is 2.11. The summed E-state index contributed by atoms with van der Waals surface area (Å²) in [6.07, 6.45) is 2.02. The van der Waals surface area contributed by atoms with Crippen molar-refractivity contribution in [3.8, 4) is 0 Å². The van der Waals surface area contributed by atoms with Gasteiger partial charge < -0.3 is 9.64 Å². The predicted octanol–water partition coefficient (Wildman–Crippen LogP) is 2.61. The van der Waals surface area contributed by atoms with Crippen LogP contribution in [0, 0.1) is 10.1 Å². The van der Waals surface area contributed by atoms with Crippen LogP contribution in [0.25, 0.3) is 0 Å². The number of hydrogen-bond acceptors (Lipinski definition) is 4. The third kappa shape index (κ3) is 3.34. The highest BCUT2D eigenvalue weighted by Gasteiger charge is 2.22. The first-order valence-electron chi connectivity index (χ1n) is 6.30. The van der Waals surface area contributed by atoms with Gasteiger partial charge in [-0.3, -0.25) is 14.9 Å². The van der Waals surface area contributed by atoms with Gasteiger partial charge in [0, 0.05) is 31.8 Å². The molecule has 0 saturated carbocycles. The molecule has 0 aliphatic carbocycles. The molecule has 1 aliphatic rings. The van der Waals surface area contributed by atoms with Crippen LogP contribution in [0.1, 0.15) is 23.2 Å². The van der Waals surface area contributed by atoms with Crippen LogP contribution >= 0.6 is 15.9 Å². The van der Waals surface area contributed by atoms with Gasteiger partial charge in [-0.05, 0) is 40.9 Å². The molecular weight excluding hydrogens is 328 g/mol. The number of carbonyl (C=O) groups excluding carboxylic acids is 1. The molecular formula is C13H15BrN2O4. The summed E-state index contributed by atoms with van der Waals surface area (Å²) >= 11 is 3.10. The van der Waals surface area contributed by atoms with E-state index in [2.05, 4.69) is 15.9 Å². The highest BCUT2D eigenvalue weighted by molar-refractivity contribution is 9.10. The number of carbonyl (C=O) groups is 1. The van der Waals surface area contributed by atoms with E-state index in [1.54, 1.807) is 18.0 Å². The fourth-order valence-electron chi connectivity index (χ4n) is 2.18. The molecule has 1 aliphatic heterocycles. The van der Waals surface area contributed by atoms with Crippen molar-refractivity contribution in [3.05, 3.63) is 38.3 Å². The maximum absolute atomic E-state index is 12.3. The van der Waals surface area contributed by atoms with Gasteiger partial charge >= 0.3 is 0 Å². The van der Waals surface area contributed by atoms with Crippen LogP contribution in [-0.2, 0) is 4.74 Å². The molecule has 0 bridgehead atoms. The summed E-state index contributed by atoms with van der Waals surface area (Å²) in [5.74, 6) is -0.240. The second-order valence-corrected chi connectivity index (χ2v) is 5.60. The minimum Gasteiger partial charge on any atom is -0.376 e. The molecule has 7 heteroatoms. The smallest absolute Gasteiger partial charge is 0.284 e. The van der Waals surface area contributed by atoms with E-state index in [-0.39, 0.29) is 17.7 Å². The summed E-state index contributed by atoms with van der Waals surface area (Å²) in [7, 11) is 1.68. The van der Waals surface area contributed by atoms with Gasteiger partial charge in [0.2, 0.25) is 0 Å². The van der Waals surface area contributed by atoms with Crippen molar-refractivity contribution in [2.24, 2.45) is 0 Å². The van der Waals surface area contributed by atoms with Crippen molar-refractivity contribution in [3.63, 3.8) is 0 Å². The molecule has 1 unspecified atom stereocenters. The Bertz CT molecular complexity index is 529. The van der Waals surface area contributed by atoms with Gasteiger partial charge in [0.25, 0.3) is 11.6 Å². The van der Waals surface area contributed by atoms with Crippen LogP contribution in [0.2, 0.25) is 0 Å². The van der Waals surface area contributed by atoms with E-state index in [1.807, 2.05) is 0 Å². The topological polar surface area (TPSA) is 72.7 Å². The number of likely N-dealkylation sites (N-methyl/N-ethyl adjacent to an activating group) is 1. The average molecular weight is 343 g/mol. The maximum atomic E-state index is 12.3. The molecule has 20 heavy (non-hydrogen) atoms. The first-order valence-corrected chi connectivity index (χ1v) is 7.09. The van der Waals surface area contributed by atoms with Gasteiger partial charge in [-0.2, -0.15) is 0 Å². The summed E-state index contributed by atoms with van der Waals surface area (Å²) < 4.78 is 5.84. The lowest BCUT2D eigenvalue weighted by atomic mass is 10.1. The number of hydrogen-bond donors (Lipinski definition) is 0. The van der Waals surface area contributed by atoms with Crippen LogP contribution in [0.3, 0.4) is 0 Å². The van der Waals surface area contributed by atoms with Crippen LogP contribution in [0.15, 0.2) is 22.7 Å². The lowest BCUT2D eigenvalue weighted by molar-refractivity contribution is -0.385. The van der Waals surface area contributed by atoms with E-state index in [0.29, 0.717) is 16.6 Å². The molecule has 0 spiro atoms. The first-order chi connectivity index (χ1) is 9.49. The van der Waals surface area contributed by atoms with Gasteiger partial charge in [-0.15, -0.1) is 0 Å². The fourth-order valence-corrected chi connectivity index (χ4v) is 2.57. The predicted molar refractivity (Wildman–Crippen MR) is 76.7 cm³/mol. The van der Waals surface area contributed by atoms with E-state index >= 15 is 0 Å². The van der Waals surface area contributed by atoms with Crippen molar-refractivity contribution < 1.29 is 14.5 Å². The van der Waals surface area contributed by atoms with Crippen molar-refractivity contribution in [2.45, 2.75) is 18.9 Å². The van der Waals surface area contributed by atoms with Crippen molar-refractivity contribution in [2.75, 3.05) is 20.2 Å². The molecule has 108 valence electrons. The maximum Gasteiger partial charge on any atom is 0.284 e. The quantitative estimate of drug-likeness (QED) is 0.622. The molecule has 1 fully saturated rings. The average Bonchev–Trinajstić information content (AvgIpc) is 2.91. The Hall–Kier alpha value is -1.47. The van der Waals surface area contributed by atoms with Crippen molar-refractivity contribution in [1.82, 2.24) is 4.90 Å². The van der Waals surface area contributed by atoms with Gasteiger partial charge in [0.1, 0.15) is 0 Å². The second kappa shape index (κ2) is 6.32. The summed E-state index contributed by atoms with van der Waals surface area (Å²) in [5, 5.41) is 10.9. The number of rotatable bonds is 4. The summed E-state index contributed by atoms with van der Waals surface area (Å²) in [6, 6.07) is 4.38. The number of halogens is 1. The lowest BCUT2D eigenvalue weighted by Gasteiger charge is -2.20. The highest BCUT2D eigenvalue weighted by atomic mass is 79.9. The Kier molecular flexibility index (Phi) is 4.72. The number of benzene rings is 1. The monoisotopic (exact) mass is 342 g/mol. The van der Waals surface area contributed by atoms with E-state index in [1.165, 1.54) is 12.1 Å². The molecule has 2 rings (SSSR count). The van der Waals surface area contributed by atoms with E-state index in [0.717, 1.165) is 19.4 Å².